The molecule has 0 bridgehead atoms. The van der Waals surface area contributed by atoms with Crippen LogP contribution in [0.1, 0.15) is 19.8 Å². The molecule has 1 spiro atoms. The predicted octanol–water partition coefficient (Wildman–Crippen LogP) is 1.99. The SMILES string of the molecule is CC1CN(c2ccc3c(c2)OCO3)CC2(CC2)CN1. The molecule has 1 saturated carbocycles. The van der Waals surface area contributed by atoms with Crippen LogP contribution in [-0.4, -0.2) is 32.5 Å². The van der Waals surface area contributed by atoms with Gasteiger partial charge in [0.1, 0.15) is 0 Å². The van der Waals surface area contributed by atoms with Crippen molar-refractivity contribution in [2.75, 3.05) is 31.3 Å². The van der Waals surface area contributed by atoms with Gasteiger partial charge in [0.05, 0.1) is 0 Å². The summed E-state index contributed by atoms with van der Waals surface area (Å²) >= 11 is 0. The van der Waals surface area contributed by atoms with Gasteiger partial charge >= 0.3 is 0 Å². The van der Waals surface area contributed by atoms with Crippen molar-refractivity contribution < 1.29 is 9.47 Å². The van der Waals surface area contributed by atoms with Crippen LogP contribution in [0.15, 0.2) is 18.2 Å². The van der Waals surface area contributed by atoms with Crippen LogP contribution in [0.2, 0.25) is 0 Å². The quantitative estimate of drug-likeness (QED) is 0.837. The average molecular weight is 260 g/mol. The van der Waals surface area contributed by atoms with E-state index in [4.69, 9.17) is 9.47 Å². The van der Waals surface area contributed by atoms with Crippen molar-refractivity contribution in [3.8, 4) is 11.5 Å². The maximum Gasteiger partial charge on any atom is 0.231 e. The van der Waals surface area contributed by atoms with Crippen LogP contribution in [0.3, 0.4) is 0 Å². The fourth-order valence-corrected chi connectivity index (χ4v) is 3.10. The number of anilines is 1. The first-order chi connectivity index (χ1) is 9.24. The van der Waals surface area contributed by atoms with E-state index in [1.165, 1.54) is 18.5 Å². The third-order valence-corrected chi connectivity index (χ3v) is 4.52. The highest BCUT2D eigenvalue weighted by molar-refractivity contribution is 5.57. The van der Waals surface area contributed by atoms with E-state index in [9.17, 15) is 0 Å². The van der Waals surface area contributed by atoms with Crippen molar-refractivity contribution in [3.63, 3.8) is 0 Å². The van der Waals surface area contributed by atoms with Gasteiger partial charge in [0, 0.05) is 42.8 Å². The zero-order chi connectivity index (χ0) is 12.9. The summed E-state index contributed by atoms with van der Waals surface area (Å²) in [5.74, 6) is 1.75. The van der Waals surface area contributed by atoms with E-state index in [0.717, 1.165) is 31.1 Å². The molecule has 1 aromatic carbocycles. The Labute approximate surface area is 113 Å². The summed E-state index contributed by atoms with van der Waals surface area (Å²) in [5, 5.41) is 3.65. The van der Waals surface area contributed by atoms with Crippen LogP contribution < -0.4 is 19.7 Å². The lowest BCUT2D eigenvalue weighted by Crippen LogP contribution is -2.35. The van der Waals surface area contributed by atoms with E-state index in [1.54, 1.807) is 0 Å². The molecule has 2 fully saturated rings. The molecule has 1 atom stereocenters. The minimum atomic E-state index is 0.348. The number of fused-ring (bicyclic) bond motifs is 1. The van der Waals surface area contributed by atoms with Gasteiger partial charge in [-0.25, -0.2) is 0 Å². The molecule has 1 aliphatic carbocycles. The molecule has 1 N–H and O–H groups in total. The first-order valence-corrected chi connectivity index (χ1v) is 7.12. The highest BCUT2D eigenvalue weighted by Crippen LogP contribution is 2.47. The molecule has 1 saturated heterocycles. The first-order valence-electron chi connectivity index (χ1n) is 7.12. The normalized spacial score (nSPS) is 27.4. The van der Waals surface area contributed by atoms with E-state index in [-0.39, 0.29) is 0 Å². The molecule has 4 rings (SSSR count). The summed E-state index contributed by atoms with van der Waals surface area (Å²) in [4.78, 5) is 2.50. The van der Waals surface area contributed by atoms with Crippen LogP contribution in [0.25, 0.3) is 0 Å². The lowest BCUT2D eigenvalue weighted by atomic mass is 10.1. The van der Waals surface area contributed by atoms with Gasteiger partial charge in [-0.05, 0) is 31.9 Å². The van der Waals surface area contributed by atoms with E-state index >= 15 is 0 Å². The van der Waals surface area contributed by atoms with Crippen molar-refractivity contribution >= 4 is 5.69 Å². The maximum atomic E-state index is 5.49. The number of hydrogen-bond donors (Lipinski definition) is 1. The number of nitrogens with zero attached hydrogens (tertiary/aromatic N) is 1. The molecule has 3 aliphatic rings. The Morgan fingerprint density at radius 2 is 2.11 bits per heavy atom. The van der Waals surface area contributed by atoms with E-state index < -0.39 is 0 Å². The van der Waals surface area contributed by atoms with Crippen molar-refractivity contribution in [2.24, 2.45) is 5.41 Å². The van der Waals surface area contributed by atoms with Crippen molar-refractivity contribution in [2.45, 2.75) is 25.8 Å². The number of rotatable bonds is 1. The van der Waals surface area contributed by atoms with Gasteiger partial charge in [0.25, 0.3) is 0 Å². The number of nitrogens with one attached hydrogen (secondary N) is 1. The molecule has 102 valence electrons. The zero-order valence-electron chi connectivity index (χ0n) is 11.3. The second-order valence-corrected chi connectivity index (χ2v) is 6.20. The average Bonchev–Trinajstić information content (AvgIpc) is 3.06. The Hall–Kier alpha value is -1.42. The third-order valence-electron chi connectivity index (χ3n) is 4.52. The van der Waals surface area contributed by atoms with Crippen LogP contribution in [-0.2, 0) is 0 Å². The zero-order valence-corrected chi connectivity index (χ0v) is 11.3. The van der Waals surface area contributed by atoms with Gasteiger partial charge in [0.2, 0.25) is 6.79 Å². The minimum absolute atomic E-state index is 0.348. The Kier molecular flexibility index (Phi) is 2.42. The summed E-state index contributed by atoms with van der Waals surface area (Å²) in [6.07, 6.45) is 2.71. The maximum absolute atomic E-state index is 5.49. The molecule has 2 aliphatic heterocycles. The topological polar surface area (TPSA) is 33.7 Å². The molecule has 1 unspecified atom stereocenters. The fraction of sp³-hybridized carbons (Fsp3) is 0.600. The predicted molar refractivity (Wildman–Crippen MR) is 73.9 cm³/mol. The largest absolute Gasteiger partial charge is 0.454 e. The van der Waals surface area contributed by atoms with Crippen LogP contribution >= 0.6 is 0 Å². The van der Waals surface area contributed by atoms with Gasteiger partial charge in [-0.2, -0.15) is 0 Å². The second kappa shape index (κ2) is 4.04. The monoisotopic (exact) mass is 260 g/mol. The second-order valence-electron chi connectivity index (χ2n) is 6.20. The Morgan fingerprint density at radius 3 is 2.95 bits per heavy atom. The van der Waals surface area contributed by atoms with Gasteiger partial charge in [-0.1, -0.05) is 0 Å². The third kappa shape index (κ3) is 2.04. The lowest BCUT2D eigenvalue weighted by molar-refractivity contribution is 0.174. The number of benzene rings is 1. The highest BCUT2D eigenvalue weighted by Gasteiger charge is 2.45. The van der Waals surface area contributed by atoms with Gasteiger partial charge in [0.15, 0.2) is 11.5 Å². The summed E-state index contributed by atoms with van der Waals surface area (Å²) < 4.78 is 10.9. The lowest BCUT2D eigenvalue weighted by Gasteiger charge is -2.27. The van der Waals surface area contributed by atoms with Gasteiger partial charge in [-0.3, -0.25) is 0 Å². The highest BCUT2D eigenvalue weighted by atomic mass is 16.7. The van der Waals surface area contributed by atoms with Crippen molar-refractivity contribution in [3.05, 3.63) is 18.2 Å². The van der Waals surface area contributed by atoms with E-state index in [2.05, 4.69) is 29.3 Å². The Bertz CT molecular complexity index is 499. The smallest absolute Gasteiger partial charge is 0.231 e. The summed E-state index contributed by atoms with van der Waals surface area (Å²) in [7, 11) is 0. The fourth-order valence-electron chi connectivity index (χ4n) is 3.10. The molecular weight excluding hydrogens is 240 g/mol. The number of ether oxygens (including phenoxy) is 2. The first kappa shape index (κ1) is 11.4. The molecule has 1 aromatic rings. The molecule has 0 aromatic heterocycles. The minimum Gasteiger partial charge on any atom is -0.454 e. The molecule has 19 heavy (non-hydrogen) atoms. The van der Waals surface area contributed by atoms with E-state index in [1.807, 2.05) is 6.07 Å². The summed E-state index contributed by atoms with van der Waals surface area (Å²) in [5.41, 5.74) is 1.77. The Morgan fingerprint density at radius 1 is 1.26 bits per heavy atom. The molecule has 2 heterocycles. The van der Waals surface area contributed by atoms with Gasteiger partial charge in [-0.15, -0.1) is 0 Å². The Balaban J connectivity index is 1.62. The molecular formula is C15H20N2O2. The van der Waals surface area contributed by atoms with Crippen molar-refractivity contribution in [1.82, 2.24) is 5.32 Å². The van der Waals surface area contributed by atoms with Crippen LogP contribution in [0, 0.1) is 5.41 Å². The van der Waals surface area contributed by atoms with Gasteiger partial charge < -0.3 is 19.7 Å². The summed E-state index contributed by atoms with van der Waals surface area (Å²) in [6.45, 7) is 5.99. The molecule has 0 radical (unpaired) electrons. The molecule has 0 amide bonds. The number of hydrogen-bond acceptors (Lipinski definition) is 4. The summed E-state index contributed by atoms with van der Waals surface area (Å²) in [6, 6.07) is 6.84. The van der Waals surface area contributed by atoms with Crippen molar-refractivity contribution in [1.29, 1.82) is 0 Å². The standard InChI is InChI=1S/C15H20N2O2/c1-11-7-17(9-15(4-5-15)8-16-11)12-2-3-13-14(6-12)19-10-18-13/h2-3,6,11,16H,4-5,7-10H2,1H3. The molecule has 4 nitrogen and oxygen atoms in total. The van der Waals surface area contributed by atoms with Crippen LogP contribution in [0.4, 0.5) is 5.69 Å². The molecule has 4 heteroatoms. The van der Waals surface area contributed by atoms with Crippen LogP contribution in [0.5, 0.6) is 11.5 Å². The van der Waals surface area contributed by atoms with E-state index in [0.29, 0.717) is 18.2 Å².